The largest absolute Gasteiger partial charge is 0.324 e. The lowest BCUT2D eigenvalue weighted by atomic mass is 9.99. The third-order valence-corrected chi connectivity index (χ3v) is 3.70. The number of benzene rings is 1. The minimum atomic E-state index is -0.317. The first-order valence-corrected chi connectivity index (χ1v) is 6.87. The maximum absolute atomic E-state index is 12.3. The molecule has 0 saturated heterocycles. The van der Waals surface area contributed by atoms with Gasteiger partial charge in [-0.1, -0.05) is 12.1 Å². The zero-order valence-electron chi connectivity index (χ0n) is 11.5. The maximum atomic E-state index is 12.3. The minimum absolute atomic E-state index is 0.0411. The maximum Gasteiger partial charge on any atom is 0.248 e. The summed E-state index contributed by atoms with van der Waals surface area (Å²) in [7, 11) is 0. The number of fused-ring (bicyclic) bond motifs is 1. The molecule has 2 heterocycles. The number of rotatable bonds is 3. The van der Waals surface area contributed by atoms with E-state index in [2.05, 4.69) is 21.8 Å². The number of anilines is 1. The van der Waals surface area contributed by atoms with Crippen LogP contribution >= 0.6 is 0 Å². The molecule has 1 aromatic carbocycles. The molecule has 104 valence electrons. The fourth-order valence-electron chi connectivity index (χ4n) is 2.52. The van der Waals surface area contributed by atoms with Gasteiger partial charge in [-0.05, 0) is 43.1 Å². The molecule has 20 heavy (non-hydrogen) atoms. The molecule has 1 unspecified atom stereocenters. The molecular formula is C15H18N4O. The molecule has 1 amide bonds. The van der Waals surface area contributed by atoms with Crippen molar-refractivity contribution in [1.82, 2.24) is 15.1 Å². The molecule has 0 saturated carbocycles. The van der Waals surface area contributed by atoms with Gasteiger partial charge in [-0.25, -0.2) is 0 Å². The predicted octanol–water partition coefficient (Wildman–Crippen LogP) is 1.73. The zero-order chi connectivity index (χ0) is 13.9. The zero-order valence-corrected chi connectivity index (χ0v) is 11.5. The smallest absolute Gasteiger partial charge is 0.248 e. The number of carbonyl (C=O) groups is 1. The summed E-state index contributed by atoms with van der Waals surface area (Å²) in [4.78, 5) is 12.3. The highest BCUT2D eigenvalue weighted by molar-refractivity contribution is 5.94. The van der Waals surface area contributed by atoms with E-state index in [0.717, 1.165) is 25.2 Å². The van der Waals surface area contributed by atoms with Crippen LogP contribution in [-0.2, 0) is 17.8 Å². The van der Waals surface area contributed by atoms with Crippen LogP contribution in [0, 0.1) is 0 Å². The van der Waals surface area contributed by atoms with Crippen molar-refractivity contribution in [1.29, 1.82) is 0 Å². The van der Waals surface area contributed by atoms with Gasteiger partial charge in [-0.2, -0.15) is 5.10 Å². The van der Waals surface area contributed by atoms with E-state index in [4.69, 9.17) is 0 Å². The minimum Gasteiger partial charge on any atom is -0.324 e. The van der Waals surface area contributed by atoms with Gasteiger partial charge in [-0.15, -0.1) is 0 Å². The van der Waals surface area contributed by atoms with Gasteiger partial charge in [0, 0.05) is 24.6 Å². The number of hydrogen-bond donors (Lipinski definition) is 2. The average Bonchev–Trinajstić information content (AvgIpc) is 3.01. The second-order valence-electron chi connectivity index (χ2n) is 5.02. The molecule has 2 aromatic rings. The van der Waals surface area contributed by atoms with Crippen LogP contribution in [0.4, 0.5) is 5.69 Å². The lowest BCUT2D eigenvalue weighted by Crippen LogP contribution is -2.27. The first kappa shape index (κ1) is 12.9. The molecule has 0 spiro atoms. The third-order valence-electron chi connectivity index (χ3n) is 3.70. The van der Waals surface area contributed by atoms with Crippen molar-refractivity contribution >= 4 is 11.6 Å². The van der Waals surface area contributed by atoms with Crippen LogP contribution < -0.4 is 10.6 Å². The molecular weight excluding hydrogens is 252 g/mol. The van der Waals surface area contributed by atoms with Gasteiger partial charge >= 0.3 is 0 Å². The van der Waals surface area contributed by atoms with E-state index in [1.807, 2.05) is 25.1 Å². The van der Waals surface area contributed by atoms with E-state index in [-0.39, 0.29) is 11.9 Å². The van der Waals surface area contributed by atoms with Gasteiger partial charge in [0.25, 0.3) is 0 Å². The van der Waals surface area contributed by atoms with Crippen LogP contribution in [0.2, 0.25) is 0 Å². The lowest BCUT2D eigenvalue weighted by Gasteiger charge is -2.21. The Morgan fingerprint density at radius 1 is 1.45 bits per heavy atom. The Balaban J connectivity index is 1.79. The van der Waals surface area contributed by atoms with E-state index < -0.39 is 0 Å². The van der Waals surface area contributed by atoms with Gasteiger partial charge < -0.3 is 10.6 Å². The highest BCUT2D eigenvalue weighted by atomic mass is 16.2. The quantitative estimate of drug-likeness (QED) is 0.893. The van der Waals surface area contributed by atoms with Crippen LogP contribution in [0.25, 0.3) is 0 Å². The molecule has 5 nitrogen and oxygen atoms in total. The second kappa shape index (κ2) is 5.46. The van der Waals surface area contributed by atoms with Crippen molar-refractivity contribution in [2.45, 2.75) is 25.9 Å². The average molecular weight is 270 g/mol. The number of aromatic nitrogens is 2. The number of nitrogens with zero attached hydrogens (tertiary/aromatic N) is 2. The number of carbonyl (C=O) groups excluding carboxylic acids is 1. The first-order valence-electron chi connectivity index (χ1n) is 6.87. The van der Waals surface area contributed by atoms with Crippen LogP contribution in [0.3, 0.4) is 0 Å². The summed E-state index contributed by atoms with van der Waals surface area (Å²) in [5, 5.41) is 10.5. The summed E-state index contributed by atoms with van der Waals surface area (Å²) in [6, 6.07) is 7.56. The Morgan fingerprint density at radius 3 is 3.15 bits per heavy atom. The molecule has 1 aliphatic heterocycles. The highest BCUT2D eigenvalue weighted by Gasteiger charge is 2.18. The Kier molecular flexibility index (Phi) is 3.52. The highest BCUT2D eigenvalue weighted by Crippen LogP contribution is 2.23. The van der Waals surface area contributed by atoms with Crippen LogP contribution in [0.15, 0.2) is 36.7 Å². The monoisotopic (exact) mass is 270 g/mol. The van der Waals surface area contributed by atoms with Gasteiger partial charge in [0.15, 0.2) is 0 Å². The van der Waals surface area contributed by atoms with Crippen LogP contribution in [0.1, 0.15) is 24.1 Å². The SMILES string of the molecule is CC(C(=O)Nc1cccc2c1CCNC2)n1cccn1. The molecule has 0 bridgehead atoms. The van der Waals surface area contributed by atoms with Crippen molar-refractivity contribution in [3.8, 4) is 0 Å². The van der Waals surface area contributed by atoms with Gasteiger partial charge in [0.2, 0.25) is 5.91 Å². The van der Waals surface area contributed by atoms with Crippen molar-refractivity contribution in [3.63, 3.8) is 0 Å². The van der Waals surface area contributed by atoms with Crippen molar-refractivity contribution in [3.05, 3.63) is 47.8 Å². The van der Waals surface area contributed by atoms with E-state index in [1.54, 1.807) is 17.1 Å². The van der Waals surface area contributed by atoms with Gasteiger partial charge in [0.1, 0.15) is 6.04 Å². The standard InChI is InChI=1S/C15H18N4O/c1-11(19-9-3-7-17-19)15(20)18-14-5-2-4-12-10-16-8-6-13(12)14/h2-5,7,9,11,16H,6,8,10H2,1H3,(H,18,20). The summed E-state index contributed by atoms with van der Waals surface area (Å²) >= 11 is 0. The molecule has 0 radical (unpaired) electrons. The second-order valence-corrected chi connectivity index (χ2v) is 5.02. The molecule has 3 rings (SSSR count). The fourth-order valence-corrected chi connectivity index (χ4v) is 2.52. The molecule has 0 fully saturated rings. The molecule has 1 atom stereocenters. The van der Waals surface area contributed by atoms with E-state index >= 15 is 0 Å². The Labute approximate surface area is 118 Å². The number of amides is 1. The van der Waals surface area contributed by atoms with Gasteiger partial charge in [0.05, 0.1) is 0 Å². The van der Waals surface area contributed by atoms with Crippen LogP contribution in [0.5, 0.6) is 0 Å². The Hall–Kier alpha value is -2.14. The lowest BCUT2D eigenvalue weighted by molar-refractivity contribution is -0.119. The predicted molar refractivity (Wildman–Crippen MR) is 77.4 cm³/mol. The number of hydrogen-bond acceptors (Lipinski definition) is 3. The Morgan fingerprint density at radius 2 is 2.35 bits per heavy atom. The van der Waals surface area contributed by atoms with Crippen LogP contribution in [-0.4, -0.2) is 22.2 Å². The topological polar surface area (TPSA) is 59.0 Å². The molecule has 0 aliphatic carbocycles. The summed E-state index contributed by atoms with van der Waals surface area (Å²) in [5.74, 6) is -0.0411. The van der Waals surface area contributed by atoms with Crippen molar-refractivity contribution in [2.24, 2.45) is 0 Å². The summed E-state index contributed by atoms with van der Waals surface area (Å²) in [5.41, 5.74) is 3.43. The summed E-state index contributed by atoms with van der Waals surface area (Å²) < 4.78 is 1.66. The Bertz CT molecular complexity index is 606. The number of nitrogens with one attached hydrogen (secondary N) is 2. The van der Waals surface area contributed by atoms with E-state index in [0.29, 0.717) is 0 Å². The summed E-state index contributed by atoms with van der Waals surface area (Å²) in [6.07, 6.45) is 4.43. The van der Waals surface area contributed by atoms with Crippen molar-refractivity contribution in [2.75, 3.05) is 11.9 Å². The third kappa shape index (κ3) is 2.44. The van der Waals surface area contributed by atoms with E-state index in [9.17, 15) is 4.79 Å². The normalized spacial score (nSPS) is 15.4. The molecule has 1 aliphatic rings. The molecule has 1 aromatic heterocycles. The van der Waals surface area contributed by atoms with E-state index in [1.165, 1.54) is 11.1 Å². The van der Waals surface area contributed by atoms with Gasteiger partial charge in [-0.3, -0.25) is 9.48 Å². The van der Waals surface area contributed by atoms with Crippen molar-refractivity contribution < 1.29 is 4.79 Å². The molecule has 2 N–H and O–H groups in total. The summed E-state index contributed by atoms with van der Waals surface area (Å²) in [6.45, 7) is 3.67. The molecule has 5 heteroatoms. The first-order chi connectivity index (χ1) is 9.75. The fraction of sp³-hybridized carbons (Fsp3) is 0.333.